The molecule has 0 spiro atoms. The fourth-order valence-electron chi connectivity index (χ4n) is 3.08. The SMILES string of the molecule is COC1C=C(I)C2=C(C(C)CC(N(C)C)C2)C1O. The lowest BCUT2D eigenvalue weighted by Crippen LogP contribution is -2.41. The van der Waals surface area contributed by atoms with Crippen LogP contribution in [-0.2, 0) is 4.74 Å². The average Bonchev–Trinajstić information content (AvgIpc) is 2.32. The number of allylic oxidation sites excluding steroid dienone is 1. The summed E-state index contributed by atoms with van der Waals surface area (Å²) in [6, 6.07) is 0.572. The minimum absolute atomic E-state index is 0.186. The second kappa shape index (κ2) is 5.61. The van der Waals surface area contributed by atoms with E-state index in [-0.39, 0.29) is 6.10 Å². The Hall–Kier alpha value is 0.0900. The van der Waals surface area contributed by atoms with Crippen molar-refractivity contribution in [1.82, 2.24) is 4.90 Å². The molecule has 0 saturated heterocycles. The number of aliphatic hydroxyl groups is 1. The highest BCUT2D eigenvalue weighted by atomic mass is 127. The molecule has 18 heavy (non-hydrogen) atoms. The van der Waals surface area contributed by atoms with Crippen molar-refractivity contribution < 1.29 is 9.84 Å². The van der Waals surface area contributed by atoms with Crippen molar-refractivity contribution in [3.05, 3.63) is 20.8 Å². The summed E-state index contributed by atoms with van der Waals surface area (Å²) in [6.07, 6.45) is 3.54. The number of ether oxygens (including phenoxy) is 1. The largest absolute Gasteiger partial charge is 0.386 e. The molecule has 0 amide bonds. The van der Waals surface area contributed by atoms with E-state index in [0.29, 0.717) is 12.0 Å². The summed E-state index contributed by atoms with van der Waals surface area (Å²) in [5.41, 5.74) is 2.54. The summed E-state index contributed by atoms with van der Waals surface area (Å²) in [5.74, 6) is 0.423. The number of hydrogen-bond donors (Lipinski definition) is 1. The zero-order valence-corrected chi connectivity index (χ0v) is 13.6. The summed E-state index contributed by atoms with van der Waals surface area (Å²) >= 11 is 2.38. The van der Waals surface area contributed by atoms with Gasteiger partial charge in [-0.3, -0.25) is 0 Å². The van der Waals surface area contributed by atoms with Crippen molar-refractivity contribution in [3.63, 3.8) is 0 Å². The van der Waals surface area contributed by atoms with Gasteiger partial charge >= 0.3 is 0 Å². The van der Waals surface area contributed by atoms with E-state index >= 15 is 0 Å². The summed E-state index contributed by atoms with van der Waals surface area (Å²) in [6.45, 7) is 2.22. The molecule has 2 aliphatic rings. The Morgan fingerprint density at radius 3 is 2.67 bits per heavy atom. The topological polar surface area (TPSA) is 32.7 Å². The Bertz CT molecular complexity index is 389. The van der Waals surface area contributed by atoms with Crippen LogP contribution in [0.15, 0.2) is 20.8 Å². The predicted molar refractivity (Wildman–Crippen MR) is 81.8 cm³/mol. The summed E-state index contributed by atoms with van der Waals surface area (Å²) in [5, 5.41) is 10.4. The third kappa shape index (κ3) is 2.53. The van der Waals surface area contributed by atoms with Crippen molar-refractivity contribution in [2.75, 3.05) is 21.2 Å². The van der Waals surface area contributed by atoms with Crippen LogP contribution in [0.3, 0.4) is 0 Å². The van der Waals surface area contributed by atoms with Gasteiger partial charge in [0.25, 0.3) is 0 Å². The van der Waals surface area contributed by atoms with Crippen LogP contribution < -0.4 is 0 Å². The molecule has 1 N–H and O–H groups in total. The summed E-state index contributed by atoms with van der Waals surface area (Å²) in [4.78, 5) is 2.29. The van der Waals surface area contributed by atoms with Gasteiger partial charge in [-0.2, -0.15) is 0 Å². The zero-order chi connectivity index (χ0) is 13.4. The fraction of sp³-hybridized carbons (Fsp3) is 0.714. The van der Waals surface area contributed by atoms with Gasteiger partial charge in [0.1, 0.15) is 12.2 Å². The average molecular weight is 363 g/mol. The molecule has 0 aromatic heterocycles. The lowest BCUT2D eigenvalue weighted by Gasteiger charge is -2.40. The van der Waals surface area contributed by atoms with Crippen LogP contribution in [0.5, 0.6) is 0 Å². The van der Waals surface area contributed by atoms with E-state index in [0.717, 1.165) is 12.8 Å². The van der Waals surface area contributed by atoms with Gasteiger partial charge in [0, 0.05) is 16.7 Å². The van der Waals surface area contributed by atoms with E-state index in [4.69, 9.17) is 4.74 Å². The van der Waals surface area contributed by atoms with Crippen LogP contribution in [0, 0.1) is 5.92 Å². The standard InChI is InChI=1S/C14H22INO2/c1-8-5-9(16(2)3)6-10-11(15)7-12(18-4)14(17)13(8)10/h7-9,12,14,17H,5-6H2,1-4H3. The Morgan fingerprint density at radius 1 is 1.44 bits per heavy atom. The van der Waals surface area contributed by atoms with Crippen molar-refractivity contribution in [2.24, 2.45) is 5.92 Å². The van der Waals surface area contributed by atoms with E-state index in [2.05, 4.69) is 54.6 Å². The van der Waals surface area contributed by atoms with Gasteiger partial charge in [-0.15, -0.1) is 0 Å². The van der Waals surface area contributed by atoms with E-state index < -0.39 is 6.10 Å². The highest BCUT2D eigenvalue weighted by Crippen LogP contribution is 2.43. The van der Waals surface area contributed by atoms with Crippen molar-refractivity contribution in [1.29, 1.82) is 0 Å². The van der Waals surface area contributed by atoms with Crippen molar-refractivity contribution in [3.8, 4) is 0 Å². The molecule has 4 heteroatoms. The lowest BCUT2D eigenvalue weighted by atomic mass is 9.75. The highest BCUT2D eigenvalue weighted by Gasteiger charge is 2.37. The second-order valence-electron chi connectivity index (χ2n) is 5.55. The van der Waals surface area contributed by atoms with Crippen LogP contribution in [0.1, 0.15) is 19.8 Å². The first kappa shape index (κ1) is 14.5. The molecule has 3 nitrogen and oxygen atoms in total. The first-order valence-corrected chi connectivity index (χ1v) is 7.51. The van der Waals surface area contributed by atoms with E-state index in [1.807, 2.05) is 0 Å². The molecule has 2 aliphatic carbocycles. The molecule has 0 aliphatic heterocycles. The third-order valence-electron chi connectivity index (χ3n) is 4.18. The Balaban J connectivity index is 2.35. The number of methoxy groups -OCH3 is 1. The van der Waals surface area contributed by atoms with Crippen LogP contribution in [0.25, 0.3) is 0 Å². The predicted octanol–water partition coefficient (Wildman–Crippen LogP) is 2.35. The minimum atomic E-state index is -0.471. The molecule has 0 radical (unpaired) electrons. The van der Waals surface area contributed by atoms with Crippen LogP contribution in [0.4, 0.5) is 0 Å². The normalized spacial score (nSPS) is 36.7. The molecule has 0 saturated carbocycles. The maximum atomic E-state index is 10.4. The van der Waals surface area contributed by atoms with E-state index in [1.54, 1.807) is 7.11 Å². The molecule has 0 aromatic carbocycles. The summed E-state index contributed by atoms with van der Waals surface area (Å²) in [7, 11) is 5.93. The summed E-state index contributed by atoms with van der Waals surface area (Å²) < 4.78 is 6.62. The third-order valence-corrected chi connectivity index (χ3v) is 5.19. The van der Waals surface area contributed by atoms with Crippen molar-refractivity contribution in [2.45, 2.75) is 38.0 Å². The molecule has 0 bridgehead atoms. The first-order chi connectivity index (χ1) is 8.45. The molecule has 0 fully saturated rings. The van der Waals surface area contributed by atoms with Crippen molar-refractivity contribution >= 4 is 22.6 Å². The van der Waals surface area contributed by atoms with Gasteiger partial charge in [0.05, 0.1) is 0 Å². The Kier molecular flexibility index (Phi) is 4.52. The smallest absolute Gasteiger partial charge is 0.106 e. The van der Waals surface area contributed by atoms with E-state index in [9.17, 15) is 5.11 Å². The molecular formula is C14H22INO2. The number of nitrogens with zero attached hydrogens (tertiary/aromatic N) is 1. The van der Waals surface area contributed by atoms with Gasteiger partial charge in [-0.25, -0.2) is 0 Å². The van der Waals surface area contributed by atoms with E-state index in [1.165, 1.54) is 14.7 Å². The maximum absolute atomic E-state index is 10.4. The molecule has 0 heterocycles. The zero-order valence-electron chi connectivity index (χ0n) is 11.5. The second-order valence-corrected chi connectivity index (χ2v) is 6.71. The van der Waals surface area contributed by atoms with Crippen LogP contribution in [0.2, 0.25) is 0 Å². The van der Waals surface area contributed by atoms with Gasteiger partial charge in [-0.05, 0) is 72.7 Å². The monoisotopic (exact) mass is 363 g/mol. The molecule has 102 valence electrons. The van der Waals surface area contributed by atoms with Gasteiger partial charge in [0.15, 0.2) is 0 Å². The number of halogens is 1. The van der Waals surface area contributed by atoms with Gasteiger partial charge < -0.3 is 14.7 Å². The van der Waals surface area contributed by atoms with Crippen LogP contribution >= 0.6 is 22.6 Å². The van der Waals surface area contributed by atoms with Crippen LogP contribution in [-0.4, -0.2) is 49.5 Å². The molecule has 0 aromatic rings. The van der Waals surface area contributed by atoms with Gasteiger partial charge in [0.2, 0.25) is 0 Å². The quantitative estimate of drug-likeness (QED) is 0.765. The first-order valence-electron chi connectivity index (χ1n) is 6.43. The molecule has 2 rings (SSSR count). The molecular weight excluding hydrogens is 341 g/mol. The maximum Gasteiger partial charge on any atom is 0.106 e. The molecule has 4 atom stereocenters. The highest BCUT2D eigenvalue weighted by molar-refractivity contribution is 14.1. The Labute approximate surface area is 123 Å². The fourth-order valence-corrected chi connectivity index (χ4v) is 3.96. The Morgan fingerprint density at radius 2 is 2.11 bits per heavy atom. The number of aliphatic hydroxyl groups excluding tert-OH is 1. The number of rotatable bonds is 2. The van der Waals surface area contributed by atoms with Gasteiger partial charge in [-0.1, -0.05) is 6.92 Å². The minimum Gasteiger partial charge on any atom is -0.386 e. The number of hydrogen-bond acceptors (Lipinski definition) is 3. The lowest BCUT2D eigenvalue weighted by molar-refractivity contribution is 0.0264. The molecule has 4 unspecified atom stereocenters.